The summed E-state index contributed by atoms with van der Waals surface area (Å²) in [6, 6.07) is 6.90. The zero-order valence-electron chi connectivity index (χ0n) is 23.0. The lowest BCUT2D eigenvalue weighted by Crippen LogP contribution is -2.40. The third-order valence-corrected chi connectivity index (χ3v) is 8.44. The first-order valence-corrected chi connectivity index (χ1v) is 14.2. The zero-order chi connectivity index (χ0) is 28.7. The van der Waals surface area contributed by atoms with Crippen molar-refractivity contribution in [3.63, 3.8) is 0 Å². The molecule has 1 fully saturated rings. The highest BCUT2D eigenvalue weighted by atomic mass is 32.2. The lowest BCUT2D eigenvalue weighted by Gasteiger charge is -2.34. The van der Waals surface area contributed by atoms with Gasteiger partial charge >= 0.3 is 6.18 Å². The summed E-state index contributed by atoms with van der Waals surface area (Å²) in [5.41, 5.74) is -1.64. The molecule has 0 saturated carbocycles. The SMILES string of the molecule is CC1(C)C[C@@H]2CCCn3ccc(n3)SNC(=O)c3ccc(-n4ccc(OCCC(C)(C)C(F)(F)F)n4)nc3N1C2. The fourth-order valence-electron chi connectivity index (χ4n) is 5.18. The third kappa shape index (κ3) is 5.93. The summed E-state index contributed by atoms with van der Waals surface area (Å²) in [6.07, 6.45) is 2.07. The molecule has 3 aromatic rings. The molecule has 1 amide bonds. The van der Waals surface area contributed by atoms with Gasteiger partial charge in [0.1, 0.15) is 10.8 Å². The van der Waals surface area contributed by atoms with E-state index in [0.717, 1.165) is 46.2 Å². The van der Waals surface area contributed by atoms with Crippen molar-refractivity contribution in [2.75, 3.05) is 18.1 Å². The van der Waals surface area contributed by atoms with E-state index in [1.165, 1.54) is 16.6 Å². The highest BCUT2D eigenvalue weighted by Gasteiger charge is 2.47. The number of amides is 1. The number of pyridine rings is 1. The average Bonchev–Trinajstić information content (AvgIpc) is 3.60. The fraction of sp³-hybridized carbons (Fsp3) is 0.556. The van der Waals surface area contributed by atoms with E-state index < -0.39 is 11.6 Å². The summed E-state index contributed by atoms with van der Waals surface area (Å²) in [5, 5.41) is 9.63. The van der Waals surface area contributed by atoms with Gasteiger partial charge in [-0.05, 0) is 63.6 Å². The van der Waals surface area contributed by atoms with E-state index in [2.05, 4.69) is 33.7 Å². The van der Waals surface area contributed by atoms with Crippen molar-refractivity contribution >= 4 is 23.7 Å². The number of nitrogens with one attached hydrogen (secondary N) is 1. The Morgan fingerprint density at radius 1 is 1.15 bits per heavy atom. The number of carbonyl (C=O) groups excluding carboxylic acids is 1. The second-order valence-corrected chi connectivity index (χ2v) is 12.5. The molecule has 4 bridgehead atoms. The van der Waals surface area contributed by atoms with Gasteiger partial charge in [0.15, 0.2) is 5.82 Å². The maximum absolute atomic E-state index is 13.3. The van der Waals surface area contributed by atoms with Gasteiger partial charge in [0.25, 0.3) is 5.91 Å². The Morgan fingerprint density at radius 3 is 2.73 bits per heavy atom. The van der Waals surface area contributed by atoms with Gasteiger partial charge in [-0.15, -0.1) is 5.10 Å². The number of carbonyl (C=O) groups is 1. The average molecular weight is 578 g/mol. The number of ether oxygens (including phenoxy) is 1. The molecule has 216 valence electrons. The van der Waals surface area contributed by atoms with Crippen LogP contribution in [0.15, 0.2) is 41.7 Å². The number of alkyl halides is 3. The van der Waals surface area contributed by atoms with Crippen LogP contribution in [0.5, 0.6) is 5.88 Å². The first-order valence-electron chi connectivity index (χ1n) is 13.4. The van der Waals surface area contributed by atoms with E-state index in [1.807, 2.05) is 16.9 Å². The standard InChI is InChI=1S/C27H34F3N7O2S/c1-25(2,27(28,29)30)11-15-39-21-9-14-37(32-21)20-8-7-19-23(31-20)36-17-18(16-26(36,3)4)6-5-12-35-13-10-22(33-35)40-34-24(19)38/h7-10,13-14,18H,5-6,11-12,15-17H2,1-4H3,(H,34,38)/t18-/m0/s1. The van der Waals surface area contributed by atoms with Gasteiger partial charge in [-0.2, -0.15) is 18.3 Å². The van der Waals surface area contributed by atoms with Crippen LogP contribution in [0.4, 0.5) is 19.0 Å². The predicted octanol–water partition coefficient (Wildman–Crippen LogP) is 5.66. The fourth-order valence-corrected chi connectivity index (χ4v) is 5.77. The molecule has 0 radical (unpaired) electrons. The Balaban J connectivity index is 1.40. The predicted molar refractivity (Wildman–Crippen MR) is 146 cm³/mol. The maximum atomic E-state index is 13.3. The van der Waals surface area contributed by atoms with Gasteiger partial charge < -0.3 is 9.64 Å². The molecule has 2 aliphatic heterocycles. The van der Waals surface area contributed by atoms with Gasteiger partial charge in [0.05, 0.1) is 17.6 Å². The molecule has 0 aliphatic carbocycles. The number of nitrogens with zero attached hydrogens (tertiary/aromatic N) is 6. The molecule has 1 N–H and O–H groups in total. The molecule has 5 rings (SSSR count). The van der Waals surface area contributed by atoms with Gasteiger partial charge in [0, 0.05) is 49.0 Å². The van der Waals surface area contributed by atoms with Gasteiger partial charge in [-0.25, -0.2) is 9.67 Å². The second-order valence-electron chi connectivity index (χ2n) is 11.7. The molecule has 3 aromatic heterocycles. The van der Waals surface area contributed by atoms with Crippen LogP contribution in [0, 0.1) is 11.3 Å². The highest BCUT2D eigenvalue weighted by molar-refractivity contribution is 7.97. The molecular weight excluding hydrogens is 543 g/mol. The summed E-state index contributed by atoms with van der Waals surface area (Å²) in [6.45, 7) is 8.10. The molecule has 2 aliphatic rings. The van der Waals surface area contributed by atoms with Crippen LogP contribution in [0.3, 0.4) is 0 Å². The van der Waals surface area contributed by atoms with Crippen LogP contribution in [0.25, 0.3) is 5.82 Å². The van der Waals surface area contributed by atoms with E-state index in [9.17, 15) is 18.0 Å². The van der Waals surface area contributed by atoms with E-state index in [4.69, 9.17) is 9.72 Å². The molecule has 9 nitrogen and oxygen atoms in total. The molecule has 1 saturated heterocycles. The summed E-state index contributed by atoms with van der Waals surface area (Å²) in [5.74, 6) is 1.41. The van der Waals surface area contributed by atoms with Crippen molar-refractivity contribution in [2.45, 2.75) is 76.7 Å². The van der Waals surface area contributed by atoms with Crippen molar-refractivity contribution in [3.05, 3.63) is 42.2 Å². The van der Waals surface area contributed by atoms with Gasteiger partial charge in [-0.3, -0.25) is 14.2 Å². The Morgan fingerprint density at radius 2 is 1.95 bits per heavy atom. The maximum Gasteiger partial charge on any atom is 0.394 e. The molecule has 1 atom stereocenters. The van der Waals surface area contributed by atoms with Crippen LogP contribution >= 0.6 is 11.9 Å². The minimum atomic E-state index is -4.32. The largest absolute Gasteiger partial charge is 0.477 e. The summed E-state index contributed by atoms with van der Waals surface area (Å²) in [4.78, 5) is 20.4. The minimum absolute atomic E-state index is 0.124. The normalized spacial score (nSPS) is 19.6. The lowest BCUT2D eigenvalue weighted by molar-refractivity contribution is -0.215. The molecule has 13 heteroatoms. The highest BCUT2D eigenvalue weighted by Crippen LogP contribution is 2.41. The van der Waals surface area contributed by atoms with Crippen LogP contribution in [0.1, 0.15) is 63.7 Å². The number of fused-ring (bicyclic) bond motifs is 6. The minimum Gasteiger partial charge on any atom is -0.477 e. The van der Waals surface area contributed by atoms with E-state index in [0.29, 0.717) is 28.1 Å². The first-order chi connectivity index (χ1) is 18.8. The van der Waals surface area contributed by atoms with Gasteiger partial charge in [-0.1, -0.05) is 13.8 Å². The summed E-state index contributed by atoms with van der Waals surface area (Å²) < 4.78 is 51.3. The Bertz CT molecular complexity index is 1370. The summed E-state index contributed by atoms with van der Waals surface area (Å²) >= 11 is 1.17. The van der Waals surface area contributed by atoms with E-state index in [1.54, 1.807) is 24.4 Å². The molecular formula is C27H34F3N7O2S. The summed E-state index contributed by atoms with van der Waals surface area (Å²) in [7, 11) is 0. The van der Waals surface area contributed by atoms with Crippen LogP contribution in [-0.4, -0.2) is 55.3 Å². The first kappa shape index (κ1) is 28.3. The quantitative estimate of drug-likeness (QED) is 0.392. The number of aryl methyl sites for hydroxylation is 1. The van der Waals surface area contributed by atoms with Crippen molar-refractivity contribution in [1.29, 1.82) is 0 Å². The third-order valence-electron chi connectivity index (χ3n) is 7.73. The van der Waals surface area contributed by atoms with Gasteiger partial charge in [0.2, 0.25) is 5.88 Å². The number of halogens is 3. The van der Waals surface area contributed by atoms with Crippen molar-refractivity contribution in [2.24, 2.45) is 11.3 Å². The molecule has 5 heterocycles. The lowest BCUT2D eigenvalue weighted by atomic mass is 9.89. The monoisotopic (exact) mass is 577 g/mol. The number of anilines is 1. The molecule has 0 aromatic carbocycles. The number of aromatic nitrogens is 5. The molecule has 0 spiro atoms. The number of hydrogen-bond acceptors (Lipinski definition) is 7. The smallest absolute Gasteiger partial charge is 0.394 e. The number of rotatable bonds is 5. The van der Waals surface area contributed by atoms with Crippen LogP contribution < -0.4 is 14.4 Å². The van der Waals surface area contributed by atoms with Crippen LogP contribution in [0.2, 0.25) is 0 Å². The van der Waals surface area contributed by atoms with Crippen molar-refractivity contribution < 1.29 is 22.7 Å². The zero-order valence-corrected chi connectivity index (χ0v) is 23.8. The Labute approximate surface area is 235 Å². The van der Waals surface area contributed by atoms with E-state index in [-0.39, 0.29) is 30.4 Å². The molecule has 40 heavy (non-hydrogen) atoms. The van der Waals surface area contributed by atoms with E-state index >= 15 is 0 Å². The number of hydrogen-bond donors (Lipinski definition) is 1. The second kappa shape index (κ2) is 10.6. The Hall–Kier alpha value is -3.22. The Kier molecular flexibility index (Phi) is 7.53. The van der Waals surface area contributed by atoms with Crippen molar-refractivity contribution in [3.8, 4) is 11.7 Å². The van der Waals surface area contributed by atoms with Crippen molar-refractivity contribution in [1.82, 2.24) is 29.3 Å². The molecule has 0 unspecified atom stereocenters. The van der Waals surface area contributed by atoms with Crippen LogP contribution in [-0.2, 0) is 6.54 Å². The topological polar surface area (TPSA) is 90.1 Å².